The highest BCUT2D eigenvalue weighted by atomic mass is 32.2. The molecular formula is C17H22N2O3S. The van der Waals surface area contributed by atoms with Crippen molar-refractivity contribution in [3.8, 4) is 0 Å². The third kappa shape index (κ3) is 2.35. The molecular weight excluding hydrogens is 312 g/mol. The van der Waals surface area contributed by atoms with Gasteiger partial charge in [0.15, 0.2) is 0 Å². The number of aromatic nitrogens is 1. The van der Waals surface area contributed by atoms with Crippen molar-refractivity contribution < 1.29 is 14.3 Å². The van der Waals surface area contributed by atoms with Gasteiger partial charge in [-0.2, -0.15) is 0 Å². The minimum absolute atomic E-state index is 0.0454. The average Bonchev–Trinajstić information content (AvgIpc) is 2.89. The second-order valence-corrected chi connectivity index (χ2v) is 7.91. The van der Waals surface area contributed by atoms with E-state index >= 15 is 0 Å². The van der Waals surface area contributed by atoms with E-state index in [9.17, 15) is 9.59 Å². The first-order valence-electron chi connectivity index (χ1n) is 7.72. The lowest BCUT2D eigenvalue weighted by Gasteiger charge is -2.54. The molecule has 1 saturated carbocycles. The highest BCUT2D eigenvalue weighted by Gasteiger charge is 2.68. The smallest absolute Gasteiger partial charge is 0.314 e. The number of hydrogen-bond donors (Lipinski definition) is 0. The predicted octanol–water partition coefficient (Wildman–Crippen LogP) is 2.46. The van der Waals surface area contributed by atoms with Crippen molar-refractivity contribution in [2.24, 2.45) is 16.7 Å². The molecule has 1 aromatic heterocycles. The summed E-state index contributed by atoms with van der Waals surface area (Å²) in [4.78, 5) is 31.3. The monoisotopic (exact) mass is 334 g/mol. The third-order valence-electron chi connectivity index (χ3n) is 5.33. The summed E-state index contributed by atoms with van der Waals surface area (Å²) >= 11 is 1.46. The molecule has 1 amide bonds. The Labute approximate surface area is 140 Å². The van der Waals surface area contributed by atoms with Crippen molar-refractivity contribution in [1.29, 1.82) is 0 Å². The molecule has 0 radical (unpaired) electrons. The van der Waals surface area contributed by atoms with Crippen LogP contribution in [0.2, 0.25) is 0 Å². The van der Waals surface area contributed by atoms with Gasteiger partial charge < -0.3 is 9.64 Å². The first-order chi connectivity index (χ1) is 10.9. The third-order valence-corrected chi connectivity index (χ3v) is 6.04. The topological polar surface area (TPSA) is 59.5 Å². The van der Waals surface area contributed by atoms with Gasteiger partial charge in [0.05, 0.1) is 18.1 Å². The van der Waals surface area contributed by atoms with Crippen LogP contribution in [0, 0.1) is 16.7 Å². The van der Waals surface area contributed by atoms with Gasteiger partial charge in [0.2, 0.25) is 0 Å². The molecule has 1 saturated heterocycles. The fourth-order valence-corrected chi connectivity index (χ4v) is 4.95. The number of pyridine rings is 1. The summed E-state index contributed by atoms with van der Waals surface area (Å²) < 4.78 is 5.04. The van der Waals surface area contributed by atoms with Crippen molar-refractivity contribution in [2.75, 3.05) is 26.5 Å². The molecule has 1 aliphatic heterocycles. The van der Waals surface area contributed by atoms with Crippen molar-refractivity contribution >= 4 is 23.6 Å². The van der Waals surface area contributed by atoms with Crippen molar-refractivity contribution in [3.05, 3.63) is 23.9 Å². The Hall–Kier alpha value is -1.56. The number of thioether (sulfide) groups is 1. The lowest BCUT2D eigenvalue weighted by molar-refractivity contribution is -0.174. The molecule has 2 atom stereocenters. The number of nitrogens with zero attached hydrogens (tertiary/aromatic N) is 2. The van der Waals surface area contributed by atoms with Gasteiger partial charge in [-0.3, -0.25) is 9.59 Å². The van der Waals surface area contributed by atoms with Gasteiger partial charge in [-0.1, -0.05) is 13.8 Å². The number of methoxy groups -OCH3 is 1. The Balaban J connectivity index is 1.89. The van der Waals surface area contributed by atoms with Gasteiger partial charge >= 0.3 is 5.97 Å². The molecule has 23 heavy (non-hydrogen) atoms. The number of carbonyl (C=O) groups is 2. The maximum absolute atomic E-state index is 12.9. The molecule has 2 aliphatic rings. The molecule has 0 N–H and O–H groups in total. The molecule has 0 aromatic carbocycles. The molecule has 0 bridgehead atoms. The minimum atomic E-state index is -0.532. The SMILES string of the molecule is COC(=O)[C@@]12CN(C(=O)c3cccnc3SC)C[C@@H]1C(C)(C)C2. The Morgan fingerprint density at radius 3 is 2.78 bits per heavy atom. The number of fused-ring (bicyclic) bond motifs is 1. The number of ether oxygens (including phenoxy) is 1. The van der Waals surface area contributed by atoms with Gasteiger partial charge in [-0.05, 0) is 36.1 Å². The number of amides is 1. The van der Waals surface area contributed by atoms with Crippen LogP contribution in [0.3, 0.4) is 0 Å². The van der Waals surface area contributed by atoms with E-state index in [1.807, 2.05) is 6.26 Å². The van der Waals surface area contributed by atoms with Gasteiger partial charge in [-0.15, -0.1) is 11.8 Å². The van der Waals surface area contributed by atoms with Crippen LogP contribution < -0.4 is 0 Å². The summed E-state index contributed by atoms with van der Waals surface area (Å²) in [7, 11) is 1.43. The number of hydrogen-bond acceptors (Lipinski definition) is 5. The van der Waals surface area contributed by atoms with E-state index in [1.54, 1.807) is 23.2 Å². The second-order valence-electron chi connectivity index (χ2n) is 7.11. The zero-order valence-electron chi connectivity index (χ0n) is 14.0. The van der Waals surface area contributed by atoms with Gasteiger partial charge in [0.25, 0.3) is 5.91 Å². The summed E-state index contributed by atoms with van der Waals surface area (Å²) in [6.45, 7) is 5.35. The van der Waals surface area contributed by atoms with Crippen LogP contribution in [-0.2, 0) is 9.53 Å². The van der Waals surface area contributed by atoms with E-state index < -0.39 is 5.41 Å². The van der Waals surface area contributed by atoms with E-state index in [4.69, 9.17) is 4.74 Å². The number of esters is 1. The molecule has 5 nitrogen and oxygen atoms in total. The van der Waals surface area contributed by atoms with Crippen LogP contribution in [0.4, 0.5) is 0 Å². The Bertz CT molecular complexity index is 661. The van der Waals surface area contributed by atoms with E-state index in [-0.39, 0.29) is 23.2 Å². The van der Waals surface area contributed by atoms with Gasteiger partial charge in [-0.25, -0.2) is 4.98 Å². The first-order valence-corrected chi connectivity index (χ1v) is 8.95. The van der Waals surface area contributed by atoms with Crippen molar-refractivity contribution in [2.45, 2.75) is 25.3 Å². The maximum atomic E-state index is 12.9. The van der Waals surface area contributed by atoms with Crippen LogP contribution >= 0.6 is 11.8 Å². The summed E-state index contributed by atoms with van der Waals surface area (Å²) in [5.74, 6) is -0.0786. The summed E-state index contributed by atoms with van der Waals surface area (Å²) in [5, 5.41) is 0.725. The molecule has 1 aromatic rings. The lowest BCUT2D eigenvalue weighted by atomic mass is 9.48. The summed E-state index contributed by atoms with van der Waals surface area (Å²) in [5.41, 5.74) is 0.134. The number of carbonyl (C=O) groups excluding carboxylic acids is 2. The van der Waals surface area contributed by atoms with E-state index in [2.05, 4.69) is 18.8 Å². The van der Waals surface area contributed by atoms with Crippen LogP contribution in [-0.4, -0.2) is 48.2 Å². The lowest BCUT2D eigenvalue weighted by Crippen LogP contribution is -2.57. The molecule has 6 heteroatoms. The second kappa shape index (κ2) is 5.51. The molecule has 0 spiro atoms. The van der Waals surface area contributed by atoms with E-state index in [0.29, 0.717) is 18.7 Å². The summed E-state index contributed by atoms with van der Waals surface area (Å²) in [6.07, 6.45) is 4.37. The van der Waals surface area contributed by atoms with Gasteiger partial charge in [0.1, 0.15) is 5.03 Å². The molecule has 1 aliphatic carbocycles. The summed E-state index contributed by atoms with van der Waals surface area (Å²) in [6, 6.07) is 3.58. The molecule has 0 unspecified atom stereocenters. The quantitative estimate of drug-likeness (QED) is 0.628. The fourth-order valence-electron chi connectivity index (χ4n) is 4.41. The average molecular weight is 334 g/mol. The molecule has 3 rings (SSSR count). The van der Waals surface area contributed by atoms with Crippen LogP contribution in [0.25, 0.3) is 0 Å². The standard InChI is InChI=1S/C17H22N2O3S/c1-16(2)9-17(15(21)22-3)10-19(8-12(16)17)14(20)11-6-5-7-18-13(11)23-4/h5-7,12H,8-10H2,1-4H3/t12-,17+/m1/s1. The number of likely N-dealkylation sites (tertiary alicyclic amines) is 1. The Morgan fingerprint density at radius 2 is 2.17 bits per heavy atom. The predicted molar refractivity (Wildman–Crippen MR) is 88.3 cm³/mol. The minimum Gasteiger partial charge on any atom is -0.469 e. The van der Waals surface area contributed by atoms with Crippen LogP contribution in [0.15, 0.2) is 23.4 Å². The normalized spacial score (nSPS) is 28.0. The van der Waals surface area contributed by atoms with E-state index in [1.165, 1.54) is 18.9 Å². The Kier molecular flexibility index (Phi) is 3.91. The number of rotatable bonds is 3. The maximum Gasteiger partial charge on any atom is 0.314 e. The molecule has 2 fully saturated rings. The van der Waals surface area contributed by atoms with Crippen molar-refractivity contribution in [3.63, 3.8) is 0 Å². The van der Waals surface area contributed by atoms with Crippen molar-refractivity contribution in [1.82, 2.24) is 9.88 Å². The van der Waals surface area contributed by atoms with Crippen LogP contribution in [0.5, 0.6) is 0 Å². The first kappa shape index (κ1) is 16.3. The zero-order chi connectivity index (χ0) is 16.8. The van der Waals surface area contributed by atoms with Crippen LogP contribution in [0.1, 0.15) is 30.6 Å². The van der Waals surface area contributed by atoms with E-state index in [0.717, 1.165) is 11.4 Å². The Morgan fingerprint density at radius 1 is 1.43 bits per heavy atom. The fraction of sp³-hybridized carbons (Fsp3) is 0.588. The highest BCUT2D eigenvalue weighted by Crippen LogP contribution is 2.63. The molecule has 124 valence electrons. The van der Waals surface area contributed by atoms with Gasteiger partial charge in [0, 0.05) is 19.3 Å². The zero-order valence-corrected chi connectivity index (χ0v) is 14.8. The molecule has 2 heterocycles. The largest absolute Gasteiger partial charge is 0.469 e. The highest BCUT2D eigenvalue weighted by molar-refractivity contribution is 7.98.